The highest BCUT2D eigenvalue weighted by molar-refractivity contribution is 6.61. The van der Waals surface area contributed by atoms with Crippen molar-refractivity contribution in [2.45, 2.75) is 37.6 Å². The topological polar surface area (TPSA) is 38.7 Å². The molecule has 3 rings (SSSR count). The lowest BCUT2D eigenvalue weighted by molar-refractivity contribution is -0.0585. The third-order valence-corrected chi connectivity index (χ3v) is 3.30. The summed E-state index contributed by atoms with van der Waals surface area (Å²) in [5, 5.41) is 9.61. The molecule has 0 aromatic heterocycles. The Hall–Kier alpha value is -0.835. The highest BCUT2D eigenvalue weighted by Crippen LogP contribution is 2.29. The first-order chi connectivity index (χ1) is 7.81. The van der Waals surface area contributed by atoms with Crippen LogP contribution in [0.5, 0.6) is 0 Å². The fourth-order valence-electron chi connectivity index (χ4n) is 2.56. The molecule has 2 unspecified atom stereocenters. The van der Waals surface area contributed by atoms with Crippen molar-refractivity contribution >= 4 is 12.6 Å². The van der Waals surface area contributed by atoms with Crippen LogP contribution in [-0.2, 0) is 9.31 Å². The van der Waals surface area contributed by atoms with Crippen LogP contribution in [0.1, 0.15) is 19.3 Å². The van der Waals surface area contributed by atoms with Gasteiger partial charge >= 0.3 is 7.12 Å². The lowest BCUT2D eigenvalue weighted by Crippen LogP contribution is -2.52. The molecule has 1 aliphatic heterocycles. The van der Waals surface area contributed by atoms with Crippen LogP contribution in [0.3, 0.4) is 0 Å². The van der Waals surface area contributed by atoms with Gasteiger partial charge in [0.05, 0.1) is 6.10 Å². The van der Waals surface area contributed by atoms with E-state index in [9.17, 15) is 5.11 Å². The second-order valence-electron chi connectivity index (χ2n) is 4.62. The van der Waals surface area contributed by atoms with Crippen molar-refractivity contribution in [2.24, 2.45) is 0 Å². The van der Waals surface area contributed by atoms with E-state index in [2.05, 4.69) is 0 Å². The second kappa shape index (κ2) is 4.20. The number of fused-ring (bicyclic) bond motifs is 2. The first kappa shape index (κ1) is 10.3. The third kappa shape index (κ3) is 2.01. The largest absolute Gasteiger partial charge is 0.494 e. The van der Waals surface area contributed by atoms with Crippen molar-refractivity contribution in [2.75, 3.05) is 0 Å². The zero-order valence-electron chi connectivity index (χ0n) is 9.08. The third-order valence-electron chi connectivity index (χ3n) is 3.30. The van der Waals surface area contributed by atoms with E-state index >= 15 is 0 Å². The van der Waals surface area contributed by atoms with E-state index in [1.165, 1.54) is 0 Å². The molecule has 84 valence electrons. The van der Waals surface area contributed by atoms with Crippen molar-refractivity contribution < 1.29 is 14.4 Å². The molecule has 2 fully saturated rings. The minimum Gasteiger partial charge on any atom is -0.404 e. The maximum Gasteiger partial charge on any atom is 0.494 e. The monoisotopic (exact) mass is 218 g/mol. The SMILES string of the molecule is OC1CC2C[C@@H](C1)OB(c1ccccc1)O2. The molecule has 1 heterocycles. The van der Waals surface area contributed by atoms with E-state index < -0.39 is 0 Å². The summed E-state index contributed by atoms with van der Waals surface area (Å²) in [5.74, 6) is 0. The lowest BCUT2D eigenvalue weighted by atomic mass is 9.74. The molecule has 1 aromatic carbocycles. The highest BCUT2D eigenvalue weighted by Gasteiger charge is 2.40. The van der Waals surface area contributed by atoms with Gasteiger partial charge in [-0.2, -0.15) is 0 Å². The molecular formula is C12H15BO3. The molecule has 2 bridgehead atoms. The number of rotatable bonds is 1. The van der Waals surface area contributed by atoms with Gasteiger partial charge in [0.25, 0.3) is 0 Å². The molecule has 0 radical (unpaired) electrons. The Morgan fingerprint density at radius 3 is 2.25 bits per heavy atom. The Morgan fingerprint density at radius 1 is 1.00 bits per heavy atom. The zero-order chi connectivity index (χ0) is 11.0. The molecule has 1 saturated heterocycles. The number of aliphatic hydroxyl groups excluding tert-OH is 1. The standard InChI is InChI=1S/C12H15BO3/c14-10-6-11-8-12(7-10)16-13(15-11)9-4-2-1-3-5-9/h1-5,10-12,14H,6-8H2/t10?,11-,12?/m1/s1. The molecule has 1 aliphatic carbocycles. The molecule has 0 amide bonds. The van der Waals surface area contributed by atoms with E-state index in [1.54, 1.807) is 0 Å². The van der Waals surface area contributed by atoms with Gasteiger partial charge in [-0.1, -0.05) is 30.3 Å². The predicted molar refractivity (Wildman–Crippen MR) is 61.4 cm³/mol. The average Bonchev–Trinajstić information content (AvgIpc) is 2.28. The molecule has 2 aliphatic rings. The van der Waals surface area contributed by atoms with Gasteiger partial charge in [0, 0.05) is 12.2 Å². The van der Waals surface area contributed by atoms with E-state index in [0.717, 1.165) is 24.7 Å². The Bertz CT molecular complexity index is 339. The van der Waals surface area contributed by atoms with Gasteiger partial charge in [-0.15, -0.1) is 0 Å². The zero-order valence-corrected chi connectivity index (χ0v) is 9.08. The first-order valence-electron chi connectivity index (χ1n) is 5.85. The Morgan fingerprint density at radius 2 is 1.62 bits per heavy atom. The molecule has 1 saturated carbocycles. The Kier molecular flexibility index (Phi) is 2.71. The predicted octanol–water partition coefficient (Wildman–Crippen LogP) is 0.711. The van der Waals surface area contributed by atoms with Crippen LogP contribution in [0.4, 0.5) is 0 Å². The van der Waals surface area contributed by atoms with Gasteiger partial charge in [-0.05, 0) is 24.7 Å². The number of aliphatic hydroxyl groups is 1. The minimum absolute atomic E-state index is 0.146. The van der Waals surface area contributed by atoms with Gasteiger partial charge in [0.2, 0.25) is 0 Å². The van der Waals surface area contributed by atoms with Crippen LogP contribution < -0.4 is 5.46 Å². The second-order valence-corrected chi connectivity index (χ2v) is 4.62. The normalized spacial score (nSPS) is 33.8. The van der Waals surface area contributed by atoms with Crippen LogP contribution in [0.15, 0.2) is 30.3 Å². The van der Waals surface area contributed by atoms with Crippen LogP contribution >= 0.6 is 0 Å². The van der Waals surface area contributed by atoms with Crippen molar-refractivity contribution in [1.29, 1.82) is 0 Å². The molecule has 1 aromatic rings. The van der Waals surface area contributed by atoms with Crippen LogP contribution in [-0.4, -0.2) is 30.5 Å². The van der Waals surface area contributed by atoms with Gasteiger partial charge in [-0.25, -0.2) is 0 Å². The van der Waals surface area contributed by atoms with Crippen molar-refractivity contribution in [3.05, 3.63) is 30.3 Å². The Labute approximate surface area is 95.5 Å². The van der Waals surface area contributed by atoms with Crippen LogP contribution in [0.2, 0.25) is 0 Å². The summed E-state index contributed by atoms with van der Waals surface area (Å²) in [7, 11) is -0.252. The summed E-state index contributed by atoms with van der Waals surface area (Å²) in [5.41, 5.74) is 1.06. The molecule has 0 spiro atoms. The molecule has 3 atom stereocenters. The van der Waals surface area contributed by atoms with E-state index in [0.29, 0.717) is 0 Å². The fraction of sp³-hybridized carbons (Fsp3) is 0.500. The number of benzene rings is 1. The molecular weight excluding hydrogens is 203 g/mol. The molecule has 16 heavy (non-hydrogen) atoms. The fourth-order valence-corrected chi connectivity index (χ4v) is 2.56. The molecule has 1 N–H and O–H groups in total. The summed E-state index contributed by atoms with van der Waals surface area (Å²) in [6, 6.07) is 9.99. The van der Waals surface area contributed by atoms with Crippen LogP contribution in [0, 0.1) is 0 Å². The average molecular weight is 218 g/mol. The maximum absolute atomic E-state index is 9.61. The summed E-state index contributed by atoms with van der Waals surface area (Å²) in [4.78, 5) is 0. The van der Waals surface area contributed by atoms with Crippen molar-refractivity contribution in [1.82, 2.24) is 0 Å². The summed E-state index contributed by atoms with van der Waals surface area (Å²) in [6.45, 7) is 0. The maximum atomic E-state index is 9.61. The van der Waals surface area contributed by atoms with E-state index in [1.807, 2.05) is 30.3 Å². The summed E-state index contributed by atoms with van der Waals surface area (Å²) < 4.78 is 11.7. The lowest BCUT2D eigenvalue weighted by Gasteiger charge is -2.40. The Balaban J connectivity index is 1.76. The number of hydrogen-bond donors (Lipinski definition) is 1. The van der Waals surface area contributed by atoms with Crippen molar-refractivity contribution in [3.63, 3.8) is 0 Å². The minimum atomic E-state index is -0.263. The van der Waals surface area contributed by atoms with Gasteiger partial charge in [0.15, 0.2) is 0 Å². The van der Waals surface area contributed by atoms with Gasteiger partial charge < -0.3 is 14.4 Å². The molecule has 4 heteroatoms. The summed E-state index contributed by atoms with van der Waals surface area (Å²) >= 11 is 0. The molecule has 3 nitrogen and oxygen atoms in total. The van der Waals surface area contributed by atoms with E-state index in [-0.39, 0.29) is 25.4 Å². The van der Waals surface area contributed by atoms with Gasteiger partial charge in [0.1, 0.15) is 0 Å². The quantitative estimate of drug-likeness (QED) is 0.705. The highest BCUT2D eigenvalue weighted by atomic mass is 16.6. The van der Waals surface area contributed by atoms with Gasteiger partial charge in [-0.3, -0.25) is 0 Å². The smallest absolute Gasteiger partial charge is 0.404 e. The summed E-state index contributed by atoms with van der Waals surface area (Å²) in [6.07, 6.45) is 2.42. The number of hydrogen-bond acceptors (Lipinski definition) is 3. The first-order valence-corrected chi connectivity index (χ1v) is 5.85. The van der Waals surface area contributed by atoms with E-state index in [4.69, 9.17) is 9.31 Å². The van der Waals surface area contributed by atoms with Crippen LogP contribution in [0.25, 0.3) is 0 Å². The van der Waals surface area contributed by atoms with Crippen molar-refractivity contribution in [3.8, 4) is 0 Å².